The van der Waals surface area contributed by atoms with Crippen molar-refractivity contribution in [2.75, 3.05) is 0 Å². The predicted octanol–water partition coefficient (Wildman–Crippen LogP) is 6.18. The van der Waals surface area contributed by atoms with E-state index in [-0.39, 0.29) is 11.9 Å². The highest BCUT2D eigenvalue weighted by Crippen LogP contribution is 2.33. The van der Waals surface area contributed by atoms with Crippen LogP contribution in [-0.2, 0) is 0 Å². The maximum Gasteiger partial charge on any atom is 0.161 e. The van der Waals surface area contributed by atoms with E-state index in [1.165, 1.54) is 31.4 Å². The Labute approximate surface area is 222 Å². The van der Waals surface area contributed by atoms with E-state index in [1.807, 2.05) is 18.2 Å². The van der Waals surface area contributed by atoms with E-state index >= 15 is 0 Å². The summed E-state index contributed by atoms with van der Waals surface area (Å²) >= 11 is 0. The smallest absolute Gasteiger partial charge is 0.161 e. The number of pyridine rings is 3. The van der Waals surface area contributed by atoms with Crippen molar-refractivity contribution in [1.29, 1.82) is 0 Å². The van der Waals surface area contributed by atoms with Crippen molar-refractivity contribution in [2.45, 2.75) is 38.2 Å². The van der Waals surface area contributed by atoms with E-state index in [2.05, 4.69) is 25.1 Å². The van der Waals surface area contributed by atoms with Crippen LogP contribution in [0.5, 0.6) is 11.5 Å². The third-order valence-electron chi connectivity index (χ3n) is 7.05. The average Bonchev–Trinajstić information content (AvgIpc) is 3.57. The minimum Gasteiger partial charge on any atom is -0.508 e. The minimum atomic E-state index is -0.558. The van der Waals surface area contributed by atoms with Crippen LogP contribution in [0.2, 0.25) is 0 Å². The van der Waals surface area contributed by atoms with Crippen LogP contribution in [0.4, 0.5) is 4.39 Å². The molecular weight excluding hydrogens is 497 g/mol. The fourth-order valence-electron chi connectivity index (χ4n) is 5.19. The van der Waals surface area contributed by atoms with E-state index in [0.29, 0.717) is 39.3 Å². The molecule has 7 rings (SSSR count). The molecule has 0 bridgehead atoms. The Morgan fingerprint density at radius 3 is 2.62 bits per heavy atom. The third kappa shape index (κ3) is 4.43. The first-order valence-corrected chi connectivity index (χ1v) is 12.9. The van der Waals surface area contributed by atoms with E-state index in [0.717, 1.165) is 41.4 Å². The van der Waals surface area contributed by atoms with Gasteiger partial charge < -0.3 is 14.8 Å². The summed E-state index contributed by atoms with van der Waals surface area (Å²) in [6.07, 6.45) is 11.2. The molecule has 1 aliphatic carbocycles. The van der Waals surface area contributed by atoms with Gasteiger partial charge in [0.2, 0.25) is 0 Å². The van der Waals surface area contributed by atoms with Gasteiger partial charge >= 0.3 is 0 Å². The molecule has 1 aromatic carbocycles. The number of hydrogen-bond acceptors (Lipinski definition) is 7. The minimum absolute atomic E-state index is 0.183. The molecule has 0 aliphatic heterocycles. The lowest BCUT2D eigenvalue weighted by Gasteiger charge is -2.22. The molecule has 0 amide bonds. The van der Waals surface area contributed by atoms with Crippen LogP contribution in [0.3, 0.4) is 0 Å². The van der Waals surface area contributed by atoms with Crippen molar-refractivity contribution in [1.82, 2.24) is 35.1 Å². The first-order chi connectivity index (χ1) is 19.1. The van der Waals surface area contributed by atoms with Crippen molar-refractivity contribution >= 4 is 22.1 Å². The zero-order valence-corrected chi connectivity index (χ0v) is 20.9. The molecule has 0 radical (unpaired) electrons. The van der Waals surface area contributed by atoms with Gasteiger partial charge in [-0.1, -0.05) is 6.42 Å². The van der Waals surface area contributed by atoms with Gasteiger partial charge in [0.1, 0.15) is 28.3 Å². The van der Waals surface area contributed by atoms with Gasteiger partial charge in [0.05, 0.1) is 34.7 Å². The molecule has 1 fully saturated rings. The summed E-state index contributed by atoms with van der Waals surface area (Å²) in [6.45, 7) is 0. The number of ether oxygens (including phenoxy) is 1. The topological polar surface area (TPSA) is 125 Å². The number of nitrogens with zero attached hydrogens (tertiary/aromatic N) is 5. The number of H-pyrrole nitrogens is 2. The number of benzene rings is 1. The SMILES string of the molecule is Oc1cc(F)cc(-c2nccc3[nH]c(-c4n[nH]c5ccc(-c6cncc(OC7CCCCC7)c6)nc45)nc23)c1. The van der Waals surface area contributed by atoms with Crippen LogP contribution >= 0.6 is 0 Å². The Morgan fingerprint density at radius 1 is 0.872 bits per heavy atom. The molecule has 0 spiro atoms. The summed E-state index contributed by atoms with van der Waals surface area (Å²) in [6, 6.07) is 11.4. The van der Waals surface area contributed by atoms with Gasteiger partial charge in [-0.2, -0.15) is 5.10 Å². The third-order valence-corrected chi connectivity index (χ3v) is 7.05. The Balaban J connectivity index is 1.26. The van der Waals surface area contributed by atoms with Crippen molar-refractivity contribution in [3.63, 3.8) is 0 Å². The summed E-state index contributed by atoms with van der Waals surface area (Å²) < 4.78 is 20.2. The Morgan fingerprint density at radius 2 is 1.74 bits per heavy atom. The number of aromatic hydroxyl groups is 1. The highest BCUT2D eigenvalue weighted by molar-refractivity contribution is 5.95. The molecule has 6 aromatic rings. The van der Waals surface area contributed by atoms with E-state index in [1.54, 1.807) is 24.7 Å². The van der Waals surface area contributed by atoms with Gasteiger partial charge in [-0.3, -0.25) is 15.1 Å². The summed E-state index contributed by atoms with van der Waals surface area (Å²) in [5.41, 5.74) is 5.61. The Kier molecular flexibility index (Phi) is 5.65. The number of rotatable bonds is 5. The number of phenols is 1. The summed E-state index contributed by atoms with van der Waals surface area (Å²) in [5, 5.41) is 17.4. The van der Waals surface area contributed by atoms with E-state index in [4.69, 9.17) is 14.7 Å². The fraction of sp³-hybridized carbons (Fsp3) is 0.207. The monoisotopic (exact) mass is 521 g/mol. The van der Waals surface area contributed by atoms with Gasteiger partial charge in [0.25, 0.3) is 0 Å². The van der Waals surface area contributed by atoms with Crippen LogP contribution in [0.25, 0.3) is 56.1 Å². The van der Waals surface area contributed by atoms with Crippen LogP contribution < -0.4 is 4.74 Å². The molecule has 0 unspecified atom stereocenters. The van der Waals surface area contributed by atoms with Crippen LogP contribution in [0.1, 0.15) is 32.1 Å². The van der Waals surface area contributed by atoms with E-state index in [9.17, 15) is 9.50 Å². The largest absolute Gasteiger partial charge is 0.508 e. The van der Waals surface area contributed by atoms with E-state index < -0.39 is 5.82 Å². The standard InChI is InChI=1S/C29H24FN7O2/c30-18-10-16(11-19(38)13-18)25-26-23(8-9-32-25)34-29(35-26)28-27-24(36-37-28)7-6-22(33-27)17-12-21(15-31-14-17)39-20-4-2-1-3-5-20/h6-15,20,38H,1-5H2,(H,34,35)(H,36,37). The summed E-state index contributed by atoms with van der Waals surface area (Å²) in [5.74, 6) is 0.493. The zero-order chi connectivity index (χ0) is 26.3. The Bertz CT molecular complexity index is 1800. The predicted molar refractivity (Wildman–Crippen MR) is 145 cm³/mol. The molecular formula is C29H24FN7O2. The molecule has 5 heterocycles. The molecule has 0 saturated heterocycles. The lowest BCUT2D eigenvalue weighted by Crippen LogP contribution is -2.19. The molecule has 9 nitrogen and oxygen atoms in total. The van der Waals surface area contributed by atoms with Gasteiger partial charge in [0, 0.05) is 29.6 Å². The van der Waals surface area contributed by atoms with Crippen LogP contribution in [0.15, 0.2) is 61.1 Å². The highest BCUT2D eigenvalue weighted by Gasteiger charge is 2.19. The van der Waals surface area contributed by atoms with Gasteiger partial charge in [-0.05, 0) is 62.1 Å². The molecule has 194 valence electrons. The van der Waals surface area contributed by atoms with Gasteiger partial charge in [-0.25, -0.2) is 14.4 Å². The number of nitrogens with one attached hydrogen (secondary N) is 2. The molecule has 10 heteroatoms. The lowest BCUT2D eigenvalue weighted by molar-refractivity contribution is 0.154. The highest BCUT2D eigenvalue weighted by atomic mass is 19.1. The van der Waals surface area contributed by atoms with Crippen molar-refractivity contribution in [3.8, 4) is 45.5 Å². The normalized spacial score (nSPS) is 14.3. The second kappa shape index (κ2) is 9.46. The summed E-state index contributed by atoms with van der Waals surface area (Å²) in [7, 11) is 0. The van der Waals surface area contributed by atoms with Gasteiger partial charge in [-0.15, -0.1) is 0 Å². The number of aromatic nitrogens is 7. The van der Waals surface area contributed by atoms with Crippen molar-refractivity contribution in [2.24, 2.45) is 0 Å². The second-order valence-corrected chi connectivity index (χ2v) is 9.79. The zero-order valence-electron chi connectivity index (χ0n) is 20.9. The molecule has 1 saturated carbocycles. The van der Waals surface area contributed by atoms with Gasteiger partial charge in [0.15, 0.2) is 11.5 Å². The van der Waals surface area contributed by atoms with Crippen LogP contribution in [-0.4, -0.2) is 46.3 Å². The second-order valence-electron chi connectivity index (χ2n) is 9.79. The Hall–Kier alpha value is -4.86. The first-order valence-electron chi connectivity index (χ1n) is 12.9. The molecule has 5 aromatic heterocycles. The quantitative estimate of drug-likeness (QED) is 0.247. The number of aromatic amines is 2. The maximum absolute atomic E-state index is 14.0. The fourth-order valence-corrected chi connectivity index (χ4v) is 5.19. The van der Waals surface area contributed by atoms with Crippen molar-refractivity contribution in [3.05, 3.63) is 66.9 Å². The first kappa shape index (κ1) is 23.3. The molecule has 0 atom stereocenters. The number of phenolic OH excluding ortho intramolecular Hbond substituents is 1. The summed E-state index contributed by atoms with van der Waals surface area (Å²) in [4.78, 5) is 21.7. The van der Waals surface area contributed by atoms with Crippen LogP contribution in [0, 0.1) is 5.82 Å². The number of halogens is 1. The molecule has 1 aliphatic rings. The molecule has 3 N–H and O–H groups in total. The number of fused-ring (bicyclic) bond motifs is 2. The van der Waals surface area contributed by atoms with Crippen molar-refractivity contribution < 1.29 is 14.2 Å². The average molecular weight is 522 g/mol. The lowest BCUT2D eigenvalue weighted by atomic mass is 9.98. The maximum atomic E-state index is 14.0. The molecule has 39 heavy (non-hydrogen) atoms. The number of imidazole rings is 1. The number of hydrogen-bond donors (Lipinski definition) is 3.